The third-order valence-electron chi connectivity index (χ3n) is 4.75. The lowest BCUT2D eigenvalue weighted by Crippen LogP contribution is -2.18. The van der Waals surface area contributed by atoms with E-state index in [-0.39, 0.29) is 12.5 Å². The van der Waals surface area contributed by atoms with Crippen molar-refractivity contribution in [1.82, 2.24) is 0 Å². The maximum absolute atomic E-state index is 12.3. The van der Waals surface area contributed by atoms with Crippen LogP contribution in [0.5, 0.6) is 0 Å². The second-order valence-corrected chi connectivity index (χ2v) is 6.35. The Morgan fingerprint density at radius 3 is 2.26 bits per heavy atom. The molecule has 0 fully saturated rings. The molecule has 5 nitrogen and oxygen atoms in total. The summed E-state index contributed by atoms with van der Waals surface area (Å²) in [6.45, 7) is 0.208. The summed E-state index contributed by atoms with van der Waals surface area (Å²) in [5.74, 6) is -0.0184. The Kier molecular flexibility index (Phi) is 4.34. The van der Waals surface area contributed by atoms with Gasteiger partial charge in [-0.3, -0.25) is 10.1 Å². The lowest BCUT2D eigenvalue weighted by atomic mass is 9.98. The highest BCUT2D eigenvalue weighted by atomic mass is 16.5. The first-order chi connectivity index (χ1) is 13.2. The average Bonchev–Trinajstić information content (AvgIpc) is 3.02. The largest absolute Gasteiger partial charge is 0.448 e. The van der Waals surface area contributed by atoms with E-state index < -0.39 is 6.09 Å². The highest BCUT2D eigenvalue weighted by molar-refractivity contribution is 5.91. The molecule has 0 saturated heterocycles. The molecular weight excluding hydrogens is 340 g/mol. The van der Waals surface area contributed by atoms with Gasteiger partial charge in [0.1, 0.15) is 6.61 Å². The molecule has 0 bridgehead atoms. The molecule has 0 saturated carbocycles. The summed E-state index contributed by atoms with van der Waals surface area (Å²) < 4.78 is 5.47. The van der Waals surface area contributed by atoms with Gasteiger partial charge in [-0.2, -0.15) is 0 Å². The zero-order valence-corrected chi connectivity index (χ0v) is 14.4. The van der Waals surface area contributed by atoms with Crippen molar-refractivity contribution in [3.8, 4) is 11.1 Å². The van der Waals surface area contributed by atoms with Gasteiger partial charge in [0, 0.05) is 11.5 Å². The van der Waals surface area contributed by atoms with Gasteiger partial charge in [0.25, 0.3) is 0 Å². The predicted molar refractivity (Wildman–Crippen MR) is 104 cm³/mol. The van der Waals surface area contributed by atoms with Crippen molar-refractivity contribution in [1.29, 1.82) is 0 Å². The molecular formula is C22H17N2O3. The van der Waals surface area contributed by atoms with Gasteiger partial charge in [-0.1, -0.05) is 48.5 Å². The van der Waals surface area contributed by atoms with Crippen LogP contribution >= 0.6 is 0 Å². The molecule has 4 rings (SSSR count). The fraction of sp³-hybridized carbons (Fsp3) is 0.0909. The molecule has 1 amide bonds. The smallest absolute Gasteiger partial charge is 0.411 e. The lowest BCUT2D eigenvalue weighted by Gasteiger charge is -2.15. The summed E-state index contributed by atoms with van der Waals surface area (Å²) in [5, 5.41) is 2.59. The van der Waals surface area contributed by atoms with E-state index in [1.165, 1.54) is 23.3 Å². The molecule has 3 N–H and O–H groups in total. The molecule has 0 unspecified atom stereocenters. The van der Waals surface area contributed by atoms with Crippen molar-refractivity contribution < 1.29 is 14.3 Å². The van der Waals surface area contributed by atoms with Gasteiger partial charge in [0.15, 0.2) is 0 Å². The van der Waals surface area contributed by atoms with Crippen LogP contribution in [0, 0.1) is 0 Å². The fourth-order valence-electron chi connectivity index (χ4n) is 3.47. The van der Waals surface area contributed by atoms with Crippen molar-refractivity contribution >= 4 is 23.8 Å². The number of rotatable bonds is 4. The third kappa shape index (κ3) is 3.15. The minimum absolute atomic E-state index is 0.0184. The number of carbonyl (C=O) groups is 1. The number of anilines is 2. The molecule has 133 valence electrons. The van der Waals surface area contributed by atoms with Crippen LogP contribution in [-0.2, 0) is 9.53 Å². The maximum Gasteiger partial charge on any atom is 0.411 e. The Morgan fingerprint density at radius 1 is 1.00 bits per heavy atom. The minimum Gasteiger partial charge on any atom is -0.448 e. The van der Waals surface area contributed by atoms with Crippen LogP contribution in [0.1, 0.15) is 22.6 Å². The highest BCUT2D eigenvalue weighted by Crippen LogP contribution is 2.44. The molecule has 0 aliphatic heterocycles. The van der Waals surface area contributed by atoms with Crippen molar-refractivity contribution in [3.63, 3.8) is 0 Å². The monoisotopic (exact) mass is 357 g/mol. The molecule has 3 aromatic rings. The van der Waals surface area contributed by atoms with Gasteiger partial charge < -0.3 is 10.5 Å². The van der Waals surface area contributed by atoms with Crippen LogP contribution in [0.3, 0.4) is 0 Å². The summed E-state index contributed by atoms with van der Waals surface area (Å²) in [7, 11) is 0. The van der Waals surface area contributed by atoms with Crippen LogP contribution in [0.15, 0.2) is 66.7 Å². The first-order valence-corrected chi connectivity index (χ1v) is 8.57. The number of nitrogens with two attached hydrogens (primary N) is 1. The number of nitrogen functional groups attached to an aromatic ring is 1. The summed E-state index contributed by atoms with van der Waals surface area (Å²) >= 11 is 0. The Hall–Kier alpha value is -3.60. The van der Waals surface area contributed by atoms with E-state index >= 15 is 0 Å². The highest BCUT2D eigenvalue weighted by Gasteiger charge is 2.29. The van der Waals surface area contributed by atoms with Crippen LogP contribution < -0.4 is 11.1 Å². The lowest BCUT2D eigenvalue weighted by molar-refractivity contribution is 0.158. The SMILES string of the molecule is Nc1ccc([C]=O)cc1NC(=O)OCC1c2ccccc2-c2ccccc21. The van der Waals surface area contributed by atoms with Crippen molar-refractivity contribution in [2.24, 2.45) is 0 Å². The van der Waals surface area contributed by atoms with E-state index in [9.17, 15) is 9.59 Å². The normalized spacial score (nSPS) is 12.1. The quantitative estimate of drug-likeness (QED) is 0.689. The van der Waals surface area contributed by atoms with Crippen molar-refractivity contribution in [2.45, 2.75) is 5.92 Å². The Balaban J connectivity index is 1.51. The molecule has 0 spiro atoms. The molecule has 1 aliphatic carbocycles. The number of benzene rings is 3. The van der Waals surface area contributed by atoms with Gasteiger partial charge in [-0.25, -0.2) is 4.79 Å². The predicted octanol–water partition coefficient (Wildman–Crippen LogP) is 4.09. The molecule has 1 aliphatic rings. The van der Waals surface area contributed by atoms with Gasteiger partial charge in [0.05, 0.1) is 11.4 Å². The molecule has 0 aromatic heterocycles. The number of carbonyl (C=O) groups excluding carboxylic acids is 2. The second-order valence-electron chi connectivity index (χ2n) is 6.35. The van der Waals surface area contributed by atoms with Crippen LogP contribution in [-0.4, -0.2) is 19.0 Å². The Labute approximate surface area is 156 Å². The Morgan fingerprint density at radius 2 is 1.63 bits per heavy atom. The third-order valence-corrected chi connectivity index (χ3v) is 4.75. The average molecular weight is 357 g/mol. The summed E-state index contributed by atoms with van der Waals surface area (Å²) in [4.78, 5) is 23.0. The van der Waals surface area contributed by atoms with Crippen molar-refractivity contribution in [2.75, 3.05) is 17.7 Å². The zero-order valence-electron chi connectivity index (χ0n) is 14.4. The number of fused-ring (bicyclic) bond motifs is 3. The van der Waals surface area contributed by atoms with E-state index in [0.29, 0.717) is 16.9 Å². The number of hydrogen-bond acceptors (Lipinski definition) is 4. The maximum atomic E-state index is 12.3. The van der Waals surface area contributed by atoms with Gasteiger partial charge in [0.2, 0.25) is 6.29 Å². The van der Waals surface area contributed by atoms with Crippen LogP contribution in [0.25, 0.3) is 11.1 Å². The fourth-order valence-corrected chi connectivity index (χ4v) is 3.47. The zero-order chi connectivity index (χ0) is 18.8. The second kappa shape index (κ2) is 6.96. The van der Waals surface area contributed by atoms with Crippen LogP contribution in [0.2, 0.25) is 0 Å². The first kappa shape index (κ1) is 16.8. The number of hydrogen-bond donors (Lipinski definition) is 2. The van der Waals surface area contributed by atoms with Gasteiger partial charge in [-0.05, 0) is 40.5 Å². The molecule has 0 atom stereocenters. The minimum atomic E-state index is -0.619. The van der Waals surface area contributed by atoms with Crippen LogP contribution in [0.4, 0.5) is 16.2 Å². The van der Waals surface area contributed by atoms with E-state index in [2.05, 4.69) is 29.6 Å². The number of nitrogens with one attached hydrogen (secondary N) is 1. The molecule has 5 heteroatoms. The van der Waals surface area contributed by atoms with E-state index in [0.717, 1.165) is 11.1 Å². The van der Waals surface area contributed by atoms with Gasteiger partial charge >= 0.3 is 6.09 Å². The molecule has 1 radical (unpaired) electrons. The van der Waals surface area contributed by atoms with E-state index in [1.807, 2.05) is 24.3 Å². The number of amides is 1. The summed E-state index contributed by atoms with van der Waals surface area (Å²) in [6, 6.07) is 20.8. The standard InChI is InChI=1S/C22H17N2O3/c23-20-10-9-14(12-25)11-21(20)24-22(26)27-13-19-17-7-3-1-5-15(17)16-6-2-4-8-18(16)19/h1-11,19H,13,23H2,(H,24,26). The van der Waals surface area contributed by atoms with Crippen molar-refractivity contribution in [3.05, 3.63) is 83.4 Å². The summed E-state index contributed by atoms with van der Waals surface area (Å²) in [5.41, 5.74) is 11.4. The van der Waals surface area contributed by atoms with E-state index in [4.69, 9.17) is 10.5 Å². The summed E-state index contributed by atoms with van der Waals surface area (Å²) in [6.07, 6.45) is 1.15. The molecule has 27 heavy (non-hydrogen) atoms. The topological polar surface area (TPSA) is 81.4 Å². The first-order valence-electron chi connectivity index (χ1n) is 8.57. The molecule has 0 heterocycles. The van der Waals surface area contributed by atoms with Gasteiger partial charge in [-0.15, -0.1) is 0 Å². The number of ether oxygens (including phenoxy) is 1. The van der Waals surface area contributed by atoms with E-state index in [1.54, 1.807) is 12.4 Å². The Bertz CT molecular complexity index is 984. The molecule has 3 aromatic carbocycles.